The number of ether oxygens (including phenoxy) is 2. The SMILES string of the molecule is CCCOc1ccnc(N(C)CC(Br)COC)n1. The molecule has 0 N–H and O–H groups in total. The molecule has 1 aromatic heterocycles. The first-order valence-electron chi connectivity index (χ1n) is 5.97. The molecule has 0 saturated carbocycles. The van der Waals surface area contributed by atoms with Gasteiger partial charge in [-0.25, -0.2) is 4.98 Å². The molecule has 0 aliphatic heterocycles. The number of halogens is 1. The molecule has 1 heterocycles. The number of alkyl halides is 1. The first kappa shape index (κ1) is 15.2. The monoisotopic (exact) mass is 317 g/mol. The van der Waals surface area contributed by atoms with Crippen LogP contribution in [0.25, 0.3) is 0 Å². The van der Waals surface area contributed by atoms with Crippen LogP contribution in [-0.2, 0) is 4.74 Å². The number of hydrogen-bond donors (Lipinski definition) is 0. The zero-order valence-corrected chi connectivity index (χ0v) is 12.7. The maximum atomic E-state index is 5.48. The van der Waals surface area contributed by atoms with Gasteiger partial charge in [-0.1, -0.05) is 22.9 Å². The first-order valence-corrected chi connectivity index (χ1v) is 6.89. The van der Waals surface area contributed by atoms with Crippen LogP contribution in [0.3, 0.4) is 0 Å². The minimum absolute atomic E-state index is 0.247. The summed E-state index contributed by atoms with van der Waals surface area (Å²) < 4.78 is 10.6. The van der Waals surface area contributed by atoms with Gasteiger partial charge in [-0.15, -0.1) is 0 Å². The molecule has 6 heteroatoms. The smallest absolute Gasteiger partial charge is 0.228 e. The van der Waals surface area contributed by atoms with Crippen molar-refractivity contribution in [1.82, 2.24) is 9.97 Å². The first-order chi connectivity index (χ1) is 8.67. The van der Waals surface area contributed by atoms with E-state index in [-0.39, 0.29) is 4.83 Å². The highest BCUT2D eigenvalue weighted by Gasteiger charge is 2.11. The zero-order chi connectivity index (χ0) is 13.4. The van der Waals surface area contributed by atoms with Gasteiger partial charge in [-0.2, -0.15) is 4.98 Å². The van der Waals surface area contributed by atoms with Crippen molar-refractivity contribution in [3.63, 3.8) is 0 Å². The molecule has 1 aromatic rings. The van der Waals surface area contributed by atoms with E-state index in [0.717, 1.165) is 13.0 Å². The Kier molecular flexibility index (Phi) is 6.97. The average molecular weight is 318 g/mol. The van der Waals surface area contributed by atoms with Crippen LogP contribution in [0, 0.1) is 0 Å². The Balaban J connectivity index is 2.58. The average Bonchev–Trinajstić information content (AvgIpc) is 2.37. The largest absolute Gasteiger partial charge is 0.478 e. The Morgan fingerprint density at radius 1 is 1.50 bits per heavy atom. The van der Waals surface area contributed by atoms with Gasteiger partial charge in [-0.3, -0.25) is 0 Å². The van der Waals surface area contributed by atoms with Gasteiger partial charge in [0, 0.05) is 33.0 Å². The number of methoxy groups -OCH3 is 1. The van der Waals surface area contributed by atoms with Crippen molar-refractivity contribution in [3.8, 4) is 5.88 Å². The summed E-state index contributed by atoms with van der Waals surface area (Å²) in [4.78, 5) is 10.8. The summed E-state index contributed by atoms with van der Waals surface area (Å²) in [5, 5.41) is 0. The highest BCUT2D eigenvalue weighted by molar-refractivity contribution is 9.09. The Labute approximate surface area is 117 Å². The van der Waals surface area contributed by atoms with Crippen LogP contribution in [0.2, 0.25) is 0 Å². The summed E-state index contributed by atoms with van der Waals surface area (Å²) in [6.45, 7) is 4.15. The van der Waals surface area contributed by atoms with Gasteiger partial charge in [0.25, 0.3) is 0 Å². The molecule has 0 bridgehead atoms. The van der Waals surface area contributed by atoms with Crippen LogP contribution in [0.1, 0.15) is 13.3 Å². The van der Waals surface area contributed by atoms with Crippen LogP contribution >= 0.6 is 15.9 Å². The van der Waals surface area contributed by atoms with Crippen LogP contribution in [-0.4, -0.2) is 48.7 Å². The number of anilines is 1. The second-order valence-electron chi connectivity index (χ2n) is 3.98. The summed E-state index contributed by atoms with van der Waals surface area (Å²) in [5.41, 5.74) is 0. The fourth-order valence-corrected chi connectivity index (χ4v) is 2.11. The molecule has 1 rings (SSSR count). The van der Waals surface area contributed by atoms with E-state index in [4.69, 9.17) is 9.47 Å². The summed E-state index contributed by atoms with van der Waals surface area (Å²) in [5.74, 6) is 1.27. The van der Waals surface area contributed by atoms with E-state index in [2.05, 4.69) is 32.8 Å². The van der Waals surface area contributed by atoms with Crippen molar-refractivity contribution >= 4 is 21.9 Å². The molecule has 5 nitrogen and oxygen atoms in total. The predicted molar refractivity (Wildman–Crippen MR) is 75.7 cm³/mol. The molecule has 102 valence electrons. The molecular weight excluding hydrogens is 298 g/mol. The minimum Gasteiger partial charge on any atom is -0.478 e. The lowest BCUT2D eigenvalue weighted by Gasteiger charge is -2.20. The number of nitrogens with zero attached hydrogens (tertiary/aromatic N) is 3. The quantitative estimate of drug-likeness (QED) is 0.687. The summed E-state index contributed by atoms with van der Waals surface area (Å²) >= 11 is 3.54. The van der Waals surface area contributed by atoms with Gasteiger partial charge in [-0.05, 0) is 6.42 Å². The predicted octanol–water partition coefficient (Wildman–Crippen LogP) is 2.11. The molecular formula is C12H20BrN3O2. The van der Waals surface area contributed by atoms with E-state index >= 15 is 0 Å². The van der Waals surface area contributed by atoms with Crippen LogP contribution in [0.5, 0.6) is 5.88 Å². The van der Waals surface area contributed by atoms with Gasteiger partial charge in [0.1, 0.15) is 0 Å². The highest BCUT2D eigenvalue weighted by Crippen LogP contribution is 2.13. The van der Waals surface area contributed by atoms with Crippen molar-refractivity contribution < 1.29 is 9.47 Å². The normalized spacial score (nSPS) is 12.2. The van der Waals surface area contributed by atoms with Crippen LogP contribution in [0.4, 0.5) is 5.95 Å². The maximum Gasteiger partial charge on any atom is 0.228 e. The second kappa shape index (κ2) is 8.26. The van der Waals surface area contributed by atoms with Crippen LogP contribution in [0.15, 0.2) is 12.3 Å². The van der Waals surface area contributed by atoms with Gasteiger partial charge < -0.3 is 14.4 Å². The third-order valence-corrected chi connectivity index (χ3v) is 2.79. The van der Waals surface area contributed by atoms with Crippen molar-refractivity contribution in [2.75, 3.05) is 38.8 Å². The summed E-state index contributed by atoms with van der Waals surface area (Å²) in [6, 6.07) is 1.77. The Bertz CT molecular complexity index is 352. The summed E-state index contributed by atoms with van der Waals surface area (Å²) in [7, 11) is 3.63. The molecule has 18 heavy (non-hydrogen) atoms. The fraction of sp³-hybridized carbons (Fsp3) is 0.667. The Morgan fingerprint density at radius 2 is 2.28 bits per heavy atom. The van der Waals surface area contributed by atoms with Crippen molar-refractivity contribution in [2.24, 2.45) is 0 Å². The third kappa shape index (κ3) is 5.18. The molecule has 0 aliphatic rings. The molecule has 0 amide bonds. The number of hydrogen-bond acceptors (Lipinski definition) is 5. The molecule has 0 aromatic carbocycles. The third-order valence-electron chi connectivity index (χ3n) is 2.23. The molecule has 1 atom stereocenters. The maximum absolute atomic E-state index is 5.48. The van der Waals surface area contributed by atoms with E-state index in [1.165, 1.54) is 0 Å². The molecule has 0 saturated heterocycles. The van der Waals surface area contributed by atoms with Gasteiger partial charge >= 0.3 is 0 Å². The van der Waals surface area contributed by atoms with Crippen LogP contribution < -0.4 is 9.64 Å². The Hall–Kier alpha value is -0.880. The lowest BCUT2D eigenvalue weighted by molar-refractivity contribution is 0.201. The lowest BCUT2D eigenvalue weighted by Crippen LogP contribution is -2.29. The fourth-order valence-electron chi connectivity index (χ4n) is 1.42. The van der Waals surface area contributed by atoms with E-state index in [1.807, 2.05) is 11.9 Å². The zero-order valence-electron chi connectivity index (χ0n) is 11.1. The second-order valence-corrected chi connectivity index (χ2v) is 5.27. The van der Waals surface area contributed by atoms with E-state index in [0.29, 0.717) is 25.0 Å². The molecule has 1 unspecified atom stereocenters. The van der Waals surface area contributed by atoms with E-state index in [9.17, 15) is 0 Å². The van der Waals surface area contributed by atoms with Crippen molar-refractivity contribution in [1.29, 1.82) is 0 Å². The Morgan fingerprint density at radius 3 is 2.94 bits per heavy atom. The molecule has 0 spiro atoms. The minimum atomic E-state index is 0.247. The number of aromatic nitrogens is 2. The highest BCUT2D eigenvalue weighted by atomic mass is 79.9. The lowest BCUT2D eigenvalue weighted by atomic mass is 10.4. The standard InChI is InChI=1S/C12H20BrN3O2/c1-4-7-18-11-5-6-14-12(15-11)16(2)8-10(13)9-17-3/h5-6,10H,4,7-9H2,1-3H3. The van der Waals surface area contributed by atoms with Crippen molar-refractivity contribution in [3.05, 3.63) is 12.3 Å². The molecule has 0 radical (unpaired) electrons. The van der Waals surface area contributed by atoms with Gasteiger partial charge in [0.2, 0.25) is 11.8 Å². The van der Waals surface area contributed by atoms with Crippen molar-refractivity contribution in [2.45, 2.75) is 18.2 Å². The molecule has 0 fully saturated rings. The van der Waals surface area contributed by atoms with E-state index < -0.39 is 0 Å². The number of rotatable bonds is 8. The molecule has 0 aliphatic carbocycles. The summed E-state index contributed by atoms with van der Waals surface area (Å²) in [6.07, 6.45) is 2.68. The van der Waals surface area contributed by atoms with Gasteiger partial charge in [0.15, 0.2) is 0 Å². The van der Waals surface area contributed by atoms with E-state index in [1.54, 1.807) is 19.4 Å². The van der Waals surface area contributed by atoms with Gasteiger partial charge in [0.05, 0.1) is 18.0 Å². The topological polar surface area (TPSA) is 47.5 Å².